The summed E-state index contributed by atoms with van der Waals surface area (Å²) in [6.07, 6.45) is 1.75. The van der Waals surface area contributed by atoms with Crippen molar-refractivity contribution in [3.8, 4) is 0 Å². The van der Waals surface area contributed by atoms with Gasteiger partial charge in [0.25, 0.3) is 0 Å². The monoisotopic (exact) mass is 267 g/mol. The van der Waals surface area contributed by atoms with Crippen LogP contribution in [0.25, 0.3) is 11.0 Å². The van der Waals surface area contributed by atoms with Crippen molar-refractivity contribution in [3.05, 3.63) is 36.4 Å². The molecule has 7 heteroatoms. The average molecular weight is 267 g/mol. The van der Waals surface area contributed by atoms with Crippen LogP contribution in [-0.2, 0) is 13.1 Å². The highest BCUT2D eigenvalue weighted by Gasteiger charge is 2.21. The zero-order valence-corrected chi connectivity index (χ0v) is 10.8. The van der Waals surface area contributed by atoms with Crippen LogP contribution in [0.15, 0.2) is 30.6 Å². The standard InChI is InChI=1S/C13H13N7/c14-12-13(17-10-4-2-1-3-9(10)16-12)19-5-6-20-8-15-18-11(20)7-19/h1-4,8H,5-7H2,(H2,14,16). The van der Waals surface area contributed by atoms with Crippen molar-refractivity contribution in [1.82, 2.24) is 24.7 Å². The van der Waals surface area contributed by atoms with E-state index in [1.807, 2.05) is 28.8 Å². The molecule has 0 unspecified atom stereocenters. The summed E-state index contributed by atoms with van der Waals surface area (Å²) in [4.78, 5) is 11.2. The maximum atomic E-state index is 6.05. The molecule has 0 aliphatic carbocycles. The summed E-state index contributed by atoms with van der Waals surface area (Å²) in [5.74, 6) is 2.10. The molecule has 3 heterocycles. The van der Waals surface area contributed by atoms with E-state index in [0.717, 1.165) is 35.8 Å². The number of hydrogen-bond donors (Lipinski definition) is 1. The second-order valence-corrected chi connectivity index (χ2v) is 4.78. The quantitative estimate of drug-likeness (QED) is 0.702. The van der Waals surface area contributed by atoms with Gasteiger partial charge in [0.15, 0.2) is 17.5 Å². The summed E-state index contributed by atoms with van der Waals surface area (Å²) in [6, 6.07) is 7.73. The van der Waals surface area contributed by atoms with Gasteiger partial charge in [-0.3, -0.25) is 0 Å². The first kappa shape index (κ1) is 11.2. The van der Waals surface area contributed by atoms with E-state index in [0.29, 0.717) is 12.4 Å². The Kier molecular flexibility index (Phi) is 2.32. The van der Waals surface area contributed by atoms with Crippen molar-refractivity contribution in [2.45, 2.75) is 13.1 Å². The molecule has 100 valence electrons. The van der Waals surface area contributed by atoms with Gasteiger partial charge in [-0.05, 0) is 12.1 Å². The normalized spacial score (nSPS) is 14.5. The van der Waals surface area contributed by atoms with Gasteiger partial charge in [-0.25, -0.2) is 9.97 Å². The molecule has 0 radical (unpaired) electrons. The smallest absolute Gasteiger partial charge is 0.172 e. The molecule has 2 aromatic heterocycles. The molecule has 0 saturated carbocycles. The van der Waals surface area contributed by atoms with Crippen LogP contribution in [0.2, 0.25) is 0 Å². The molecular weight excluding hydrogens is 254 g/mol. The number of anilines is 2. The van der Waals surface area contributed by atoms with E-state index in [1.165, 1.54) is 0 Å². The van der Waals surface area contributed by atoms with Crippen LogP contribution >= 0.6 is 0 Å². The fraction of sp³-hybridized carbons (Fsp3) is 0.231. The molecule has 0 saturated heterocycles. The molecule has 0 spiro atoms. The van der Waals surface area contributed by atoms with E-state index in [4.69, 9.17) is 5.73 Å². The van der Waals surface area contributed by atoms with Crippen LogP contribution in [0.5, 0.6) is 0 Å². The van der Waals surface area contributed by atoms with Crippen LogP contribution in [0.1, 0.15) is 5.82 Å². The molecule has 0 bridgehead atoms. The lowest BCUT2D eigenvalue weighted by Crippen LogP contribution is -2.34. The highest BCUT2D eigenvalue weighted by Crippen LogP contribution is 2.25. The summed E-state index contributed by atoms with van der Waals surface area (Å²) in [6.45, 7) is 2.30. The Morgan fingerprint density at radius 1 is 1.05 bits per heavy atom. The number of nitrogens with zero attached hydrogens (tertiary/aromatic N) is 6. The zero-order chi connectivity index (χ0) is 13.5. The molecule has 0 amide bonds. The van der Waals surface area contributed by atoms with E-state index >= 15 is 0 Å². The predicted octanol–water partition coefficient (Wildman–Crippen LogP) is 0.824. The van der Waals surface area contributed by atoms with Crippen molar-refractivity contribution in [2.75, 3.05) is 17.2 Å². The predicted molar refractivity (Wildman–Crippen MR) is 75.0 cm³/mol. The third-order valence-electron chi connectivity index (χ3n) is 3.52. The summed E-state index contributed by atoms with van der Waals surface area (Å²) in [7, 11) is 0. The maximum Gasteiger partial charge on any atom is 0.172 e. The largest absolute Gasteiger partial charge is 0.381 e. The van der Waals surface area contributed by atoms with Crippen LogP contribution in [-0.4, -0.2) is 31.3 Å². The van der Waals surface area contributed by atoms with Gasteiger partial charge in [0.05, 0.1) is 17.6 Å². The van der Waals surface area contributed by atoms with E-state index in [1.54, 1.807) is 6.33 Å². The fourth-order valence-electron chi connectivity index (χ4n) is 2.48. The molecule has 2 N–H and O–H groups in total. The van der Waals surface area contributed by atoms with E-state index in [-0.39, 0.29) is 0 Å². The van der Waals surface area contributed by atoms with Crippen molar-refractivity contribution in [2.24, 2.45) is 0 Å². The number of nitrogens with two attached hydrogens (primary N) is 1. The topological polar surface area (TPSA) is 85.8 Å². The highest BCUT2D eigenvalue weighted by molar-refractivity contribution is 5.79. The van der Waals surface area contributed by atoms with Crippen LogP contribution in [0, 0.1) is 0 Å². The molecule has 0 atom stereocenters. The molecule has 0 fully saturated rings. The second kappa shape index (κ2) is 4.16. The first-order valence-corrected chi connectivity index (χ1v) is 6.45. The molecule has 4 rings (SSSR count). The van der Waals surface area contributed by atoms with Crippen LogP contribution in [0.4, 0.5) is 11.6 Å². The number of rotatable bonds is 1. The van der Waals surface area contributed by atoms with Crippen molar-refractivity contribution in [3.63, 3.8) is 0 Å². The summed E-state index contributed by atoms with van der Waals surface area (Å²) >= 11 is 0. The van der Waals surface area contributed by atoms with Gasteiger partial charge in [-0.2, -0.15) is 0 Å². The van der Waals surface area contributed by atoms with Crippen LogP contribution < -0.4 is 10.6 Å². The van der Waals surface area contributed by atoms with Crippen molar-refractivity contribution >= 4 is 22.7 Å². The summed E-state index contributed by atoms with van der Waals surface area (Å²) < 4.78 is 2.04. The van der Waals surface area contributed by atoms with Gasteiger partial charge in [0.1, 0.15) is 6.33 Å². The minimum atomic E-state index is 0.455. The third kappa shape index (κ3) is 1.67. The van der Waals surface area contributed by atoms with E-state index in [9.17, 15) is 0 Å². The Morgan fingerprint density at radius 3 is 2.70 bits per heavy atom. The van der Waals surface area contributed by atoms with Gasteiger partial charge < -0.3 is 15.2 Å². The van der Waals surface area contributed by atoms with Gasteiger partial charge in [-0.1, -0.05) is 12.1 Å². The minimum absolute atomic E-state index is 0.455. The van der Waals surface area contributed by atoms with E-state index < -0.39 is 0 Å². The number of nitrogen functional groups attached to an aromatic ring is 1. The molecule has 7 nitrogen and oxygen atoms in total. The minimum Gasteiger partial charge on any atom is -0.381 e. The summed E-state index contributed by atoms with van der Waals surface area (Å²) in [5, 5.41) is 8.03. The first-order chi connectivity index (χ1) is 9.81. The Labute approximate surface area is 115 Å². The van der Waals surface area contributed by atoms with Crippen molar-refractivity contribution in [1.29, 1.82) is 0 Å². The molecule has 1 aliphatic heterocycles. The van der Waals surface area contributed by atoms with Crippen molar-refractivity contribution < 1.29 is 0 Å². The Morgan fingerprint density at radius 2 is 1.85 bits per heavy atom. The molecule has 1 aromatic carbocycles. The second-order valence-electron chi connectivity index (χ2n) is 4.78. The summed E-state index contributed by atoms with van der Waals surface area (Å²) in [5.41, 5.74) is 7.72. The van der Waals surface area contributed by atoms with Gasteiger partial charge in [0.2, 0.25) is 0 Å². The molecule has 1 aliphatic rings. The van der Waals surface area contributed by atoms with Crippen LogP contribution in [0.3, 0.4) is 0 Å². The lowest BCUT2D eigenvalue weighted by molar-refractivity contribution is 0.557. The Balaban J connectivity index is 1.77. The van der Waals surface area contributed by atoms with Gasteiger partial charge in [-0.15, -0.1) is 10.2 Å². The number of fused-ring (bicyclic) bond motifs is 2. The number of aromatic nitrogens is 5. The van der Waals surface area contributed by atoms with Gasteiger partial charge in [0, 0.05) is 13.1 Å². The number of benzene rings is 1. The lowest BCUT2D eigenvalue weighted by atomic mass is 10.3. The highest BCUT2D eigenvalue weighted by atomic mass is 15.3. The average Bonchev–Trinajstić information content (AvgIpc) is 2.94. The fourth-order valence-corrected chi connectivity index (χ4v) is 2.48. The third-order valence-corrected chi connectivity index (χ3v) is 3.52. The maximum absolute atomic E-state index is 6.05. The first-order valence-electron chi connectivity index (χ1n) is 6.45. The Hall–Kier alpha value is -2.70. The number of hydrogen-bond acceptors (Lipinski definition) is 6. The SMILES string of the molecule is Nc1nc2ccccc2nc1N1CCn2cnnc2C1. The molecule has 20 heavy (non-hydrogen) atoms. The van der Waals surface area contributed by atoms with E-state index in [2.05, 4.69) is 25.1 Å². The Bertz CT molecular complexity index is 779. The zero-order valence-electron chi connectivity index (χ0n) is 10.8. The lowest BCUT2D eigenvalue weighted by Gasteiger charge is -2.28. The number of para-hydroxylation sites is 2. The molecule has 3 aromatic rings. The van der Waals surface area contributed by atoms with Gasteiger partial charge >= 0.3 is 0 Å². The molecular formula is C13H13N7.